The molecule has 120 valence electrons. The Balaban J connectivity index is 1.70. The molecular weight excluding hydrogens is 308 g/mol. The molecule has 0 saturated heterocycles. The first-order valence-electron chi connectivity index (χ1n) is 7.24. The monoisotopic (exact) mass is 326 g/mol. The molecule has 1 aromatic rings. The van der Waals surface area contributed by atoms with Crippen LogP contribution in [0.2, 0.25) is 0 Å². The van der Waals surface area contributed by atoms with Crippen molar-refractivity contribution in [1.29, 1.82) is 0 Å². The molecule has 1 aromatic heterocycles. The molecule has 1 aliphatic carbocycles. The molecular formula is C14H18N2O5S. The van der Waals surface area contributed by atoms with Gasteiger partial charge in [0.1, 0.15) is 4.88 Å². The van der Waals surface area contributed by atoms with E-state index in [0.717, 1.165) is 24.2 Å². The Morgan fingerprint density at radius 2 is 2.05 bits per heavy atom. The number of nitrogens with one attached hydrogen (secondary N) is 1. The number of hydrogen-bond donors (Lipinski definition) is 1. The SMILES string of the molecule is O=C(COC(=O)c1ccc([N+](=O)[O-])s1)NCC1CCCCC1. The molecule has 1 fully saturated rings. The zero-order chi connectivity index (χ0) is 15.9. The van der Waals surface area contributed by atoms with Gasteiger partial charge in [0.25, 0.3) is 5.91 Å². The van der Waals surface area contributed by atoms with Gasteiger partial charge in [-0.15, -0.1) is 0 Å². The van der Waals surface area contributed by atoms with Gasteiger partial charge in [0.2, 0.25) is 0 Å². The molecule has 0 bridgehead atoms. The van der Waals surface area contributed by atoms with Crippen LogP contribution in [-0.4, -0.2) is 30.0 Å². The van der Waals surface area contributed by atoms with Crippen LogP contribution in [-0.2, 0) is 9.53 Å². The summed E-state index contributed by atoms with van der Waals surface area (Å²) in [5.41, 5.74) is 0. The molecule has 0 radical (unpaired) electrons. The topological polar surface area (TPSA) is 98.5 Å². The molecule has 0 spiro atoms. The molecule has 0 aliphatic heterocycles. The summed E-state index contributed by atoms with van der Waals surface area (Å²) in [6.07, 6.45) is 5.91. The van der Waals surface area contributed by atoms with Crippen molar-refractivity contribution in [2.24, 2.45) is 5.92 Å². The van der Waals surface area contributed by atoms with Gasteiger partial charge in [0.05, 0.1) is 4.92 Å². The van der Waals surface area contributed by atoms with Crippen LogP contribution in [0.25, 0.3) is 0 Å². The number of esters is 1. The Hall–Kier alpha value is -1.96. The number of ether oxygens (including phenoxy) is 1. The van der Waals surface area contributed by atoms with Gasteiger partial charge in [0.15, 0.2) is 6.61 Å². The van der Waals surface area contributed by atoms with E-state index in [-0.39, 0.29) is 22.4 Å². The minimum atomic E-state index is -0.717. The first-order valence-corrected chi connectivity index (χ1v) is 8.06. The number of thiophene rings is 1. The molecule has 7 nitrogen and oxygen atoms in total. The quantitative estimate of drug-likeness (QED) is 0.492. The van der Waals surface area contributed by atoms with E-state index in [2.05, 4.69) is 5.32 Å². The van der Waals surface area contributed by atoms with Crippen LogP contribution < -0.4 is 5.32 Å². The summed E-state index contributed by atoms with van der Waals surface area (Å²) < 4.78 is 4.86. The van der Waals surface area contributed by atoms with Crippen LogP contribution in [0.1, 0.15) is 41.8 Å². The van der Waals surface area contributed by atoms with Crippen molar-refractivity contribution < 1.29 is 19.2 Å². The average Bonchev–Trinajstić information content (AvgIpc) is 3.02. The molecule has 2 rings (SSSR count). The second-order valence-corrected chi connectivity index (χ2v) is 6.34. The average molecular weight is 326 g/mol. The van der Waals surface area contributed by atoms with Crippen molar-refractivity contribution in [3.05, 3.63) is 27.1 Å². The van der Waals surface area contributed by atoms with Gasteiger partial charge in [-0.25, -0.2) is 4.79 Å². The summed E-state index contributed by atoms with van der Waals surface area (Å²) in [7, 11) is 0. The van der Waals surface area contributed by atoms with Crippen molar-refractivity contribution >= 4 is 28.2 Å². The van der Waals surface area contributed by atoms with Gasteiger partial charge in [0, 0.05) is 12.6 Å². The Morgan fingerprint density at radius 3 is 2.68 bits per heavy atom. The van der Waals surface area contributed by atoms with Crippen LogP contribution in [0, 0.1) is 16.0 Å². The van der Waals surface area contributed by atoms with Gasteiger partial charge < -0.3 is 10.1 Å². The standard InChI is InChI=1S/C14H18N2O5S/c17-12(15-8-10-4-2-1-3-5-10)9-21-14(18)11-6-7-13(22-11)16(19)20/h6-7,10H,1-5,8-9H2,(H,15,17). The van der Waals surface area contributed by atoms with Gasteiger partial charge in [-0.05, 0) is 24.8 Å². The lowest BCUT2D eigenvalue weighted by Gasteiger charge is -2.21. The van der Waals surface area contributed by atoms with Crippen LogP contribution in [0.3, 0.4) is 0 Å². The normalized spacial score (nSPS) is 15.3. The number of nitrogens with zero attached hydrogens (tertiary/aromatic N) is 1. The minimum absolute atomic E-state index is 0.117. The summed E-state index contributed by atoms with van der Waals surface area (Å²) in [5.74, 6) is -0.552. The molecule has 0 aromatic carbocycles. The van der Waals surface area contributed by atoms with Crippen LogP contribution in [0.4, 0.5) is 5.00 Å². The largest absolute Gasteiger partial charge is 0.451 e. The smallest absolute Gasteiger partial charge is 0.349 e. The lowest BCUT2D eigenvalue weighted by Crippen LogP contribution is -2.33. The number of nitro groups is 1. The molecule has 22 heavy (non-hydrogen) atoms. The number of carbonyl (C=O) groups excluding carboxylic acids is 2. The summed E-state index contributed by atoms with van der Waals surface area (Å²) in [6, 6.07) is 2.56. The first-order chi connectivity index (χ1) is 10.6. The highest BCUT2D eigenvalue weighted by molar-refractivity contribution is 7.17. The summed E-state index contributed by atoms with van der Waals surface area (Å²) in [6.45, 7) is 0.248. The molecule has 0 unspecified atom stereocenters. The third kappa shape index (κ3) is 4.80. The molecule has 1 heterocycles. The second kappa shape index (κ2) is 7.88. The number of carbonyl (C=O) groups is 2. The summed E-state index contributed by atoms with van der Waals surface area (Å²) >= 11 is 0.732. The predicted octanol–water partition coefficient (Wildman–Crippen LogP) is 2.51. The van der Waals surface area contributed by atoms with E-state index in [4.69, 9.17) is 4.74 Å². The van der Waals surface area contributed by atoms with Gasteiger partial charge in [-0.2, -0.15) is 0 Å². The fourth-order valence-electron chi connectivity index (χ4n) is 2.44. The lowest BCUT2D eigenvalue weighted by molar-refractivity contribution is -0.380. The van der Waals surface area contributed by atoms with Crippen LogP contribution in [0.5, 0.6) is 0 Å². The van der Waals surface area contributed by atoms with Crippen LogP contribution >= 0.6 is 11.3 Å². The maximum atomic E-state index is 11.7. The number of rotatable bonds is 6. The van der Waals surface area contributed by atoms with Gasteiger partial charge in [-0.1, -0.05) is 30.6 Å². The maximum Gasteiger partial charge on any atom is 0.349 e. The van der Waals surface area contributed by atoms with Crippen molar-refractivity contribution in [1.82, 2.24) is 5.32 Å². The number of amides is 1. The van der Waals surface area contributed by atoms with E-state index in [9.17, 15) is 19.7 Å². The fraction of sp³-hybridized carbons (Fsp3) is 0.571. The fourth-order valence-corrected chi connectivity index (χ4v) is 3.15. The second-order valence-electron chi connectivity index (χ2n) is 5.28. The van der Waals surface area contributed by atoms with E-state index < -0.39 is 10.9 Å². The Morgan fingerprint density at radius 1 is 1.32 bits per heavy atom. The zero-order valence-corrected chi connectivity index (χ0v) is 12.9. The van der Waals surface area contributed by atoms with E-state index >= 15 is 0 Å². The van der Waals surface area contributed by atoms with E-state index in [1.165, 1.54) is 31.4 Å². The predicted molar refractivity (Wildman–Crippen MR) is 80.8 cm³/mol. The zero-order valence-electron chi connectivity index (χ0n) is 12.1. The molecule has 1 saturated carbocycles. The van der Waals surface area contributed by atoms with E-state index in [1.54, 1.807) is 0 Å². The van der Waals surface area contributed by atoms with Crippen molar-refractivity contribution in [3.63, 3.8) is 0 Å². The van der Waals surface area contributed by atoms with Crippen LogP contribution in [0.15, 0.2) is 12.1 Å². The Bertz CT molecular complexity index is 551. The van der Waals surface area contributed by atoms with Crippen molar-refractivity contribution in [2.75, 3.05) is 13.2 Å². The lowest BCUT2D eigenvalue weighted by atomic mass is 9.89. The Kier molecular flexibility index (Phi) is 5.88. The first kappa shape index (κ1) is 16.4. The summed E-state index contributed by atoms with van der Waals surface area (Å²) in [5, 5.41) is 13.2. The molecule has 1 amide bonds. The highest BCUT2D eigenvalue weighted by Gasteiger charge is 2.18. The third-order valence-corrected chi connectivity index (χ3v) is 4.64. The Labute approximate surface area is 131 Å². The number of hydrogen-bond acceptors (Lipinski definition) is 6. The molecule has 0 atom stereocenters. The van der Waals surface area contributed by atoms with E-state index in [1.807, 2.05) is 0 Å². The third-order valence-electron chi connectivity index (χ3n) is 3.62. The van der Waals surface area contributed by atoms with Gasteiger partial charge >= 0.3 is 11.0 Å². The highest BCUT2D eigenvalue weighted by Crippen LogP contribution is 2.24. The van der Waals surface area contributed by atoms with Crippen molar-refractivity contribution in [2.45, 2.75) is 32.1 Å². The molecule has 1 N–H and O–H groups in total. The van der Waals surface area contributed by atoms with Gasteiger partial charge in [-0.3, -0.25) is 14.9 Å². The molecule has 1 aliphatic rings. The molecule has 8 heteroatoms. The minimum Gasteiger partial charge on any atom is -0.451 e. The maximum absolute atomic E-state index is 11.7. The van der Waals surface area contributed by atoms with Crippen molar-refractivity contribution in [3.8, 4) is 0 Å². The summed E-state index contributed by atoms with van der Waals surface area (Å²) in [4.78, 5) is 33.4. The van der Waals surface area contributed by atoms with E-state index in [0.29, 0.717) is 12.5 Å². The highest BCUT2D eigenvalue weighted by atomic mass is 32.1.